The molecular weight excluding hydrogens is 260 g/mol. The second kappa shape index (κ2) is 7.48. The van der Waals surface area contributed by atoms with Crippen molar-refractivity contribution in [3.05, 3.63) is 35.9 Å². The fourth-order valence-electron chi connectivity index (χ4n) is 1.47. The summed E-state index contributed by atoms with van der Waals surface area (Å²) < 4.78 is 0. The molecule has 0 radical (unpaired) electrons. The number of rotatable bonds is 5. The molecule has 1 amide bonds. The molecule has 1 rings (SSSR count). The summed E-state index contributed by atoms with van der Waals surface area (Å²) in [6.07, 6.45) is 0.913. The van der Waals surface area contributed by atoms with Crippen molar-refractivity contribution in [1.82, 2.24) is 10.3 Å². The van der Waals surface area contributed by atoms with Crippen molar-refractivity contribution >= 4 is 28.9 Å². The molecule has 0 heterocycles. The molecule has 0 unspecified atom stereocenters. The minimum Gasteiger partial charge on any atom is -0.375 e. The van der Waals surface area contributed by atoms with E-state index in [0.29, 0.717) is 12.8 Å². The molecule has 102 valence electrons. The monoisotopic (exact) mass is 278 g/mol. The van der Waals surface area contributed by atoms with E-state index in [-0.39, 0.29) is 11.0 Å². The number of nitrogens with one attached hydrogen (secondary N) is 1. The summed E-state index contributed by atoms with van der Waals surface area (Å²) in [7, 11) is 3.46. The second-order valence-electron chi connectivity index (χ2n) is 4.19. The predicted octanol–water partition coefficient (Wildman–Crippen LogP) is 1.09. The Balaban J connectivity index is 2.79. The molecule has 0 spiro atoms. The standard InChI is InChI=1S/C13H18N4OS/c1-17(2)12(18)9-8-11(15-16-13(14)19)10-6-4-3-5-7-10/h3-7H,8-9H2,1-2H3,(H3,14,16,19). The zero-order valence-electron chi connectivity index (χ0n) is 11.1. The number of nitrogens with two attached hydrogens (primary N) is 1. The van der Waals surface area contributed by atoms with Crippen molar-refractivity contribution in [1.29, 1.82) is 0 Å². The first-order valence-electron chi connectivity index (χ1n) is 5.88. The van der Waals surface area contributed by atoms with Crippen LogP contribution in [0.25, 0.3) is 0 Å². The average Bonchev–Trinajstić information content (AvgIpc) is 2.39. The normalized spacial score (nSPS) is 10.9. The summed E-state index contributed by atoms with van der Waals surface area (Å²) in [6.45, 7) is 0. The van der Waals surface area contributed by atoms with Crippen molar-refractivity contribution < 1.29 is 4.79 Å². The largest absolute Gasteiger partial charge is 0.375 e. The van der Waals surface area contributed by atoms with E-state index in [0.717, 1.165) is 11.3 Å². The summed E-state index contributed by atoms with van der Waals surface area (Å²) in [6, 6.07) is 9.62. The zero-order chi connectivity index (χ0) is 14.3. The van der Waals surface area contributed by atoms with Crippen molar-refractivity contribution in [3.8, 4) is 0 Å². The Kier molecular flexibility index (Phi) is 5.95. The summed E-state index contributed by atoms with van der Waals surface area (Å²) in [5.41, 5.74) is 9.63. The van der Waals surface area contributed by atoms with Crippen molar-refractivity contribution in [2.24, 2.45) is 10.8 Å². The van der Waals surface area contributed by atoms with E-state index in [1.807, 2.05) is 30.3 Å². The lowest BCUT2D eigenvalue weighted by atomic mass is 10.1. The molecule has 5 nitrogen and oxygen atoms in total. The van der Waals surface area contributed by atoms with Crippen LogP contribution in [0.1, 0.15) is 18.4 Å². The third-order valence-electron chi connectivity index (χ3n) is 2.48. The minimum atomic E-state index is 0.0546. The quantitative estimate of drug-likeness (QED) is 0.480. The molecule has 0 bridgehead atoms. The number of carbonyl (C=O) groups is 1. The maximum Gasteiger partial charge on any atom is 0.222 e. The van der Waals surface area contributed by atoms with Crippen LogP contribution in [-0.4, -0.2) is 35.7 Å². The van der Waals surface area contributed by atoms with Gasteiger partial charge in [0, 0.05) is 26.9 Å². The van der Waals surface area contributed by atoms with Crippen LogP contribution in [0, 0.1) is 0 Å². The lowest BCUT2D eigenvalue weighted by Crippen LogP contribution is -2.26. The Labute approximate surface area is 118 Å². The van der Waals surface area contributed by atoms with Crippen LogP contribution in [0.15, 0.2) is 35.4 Å². The number of hydrogen-bond acceptors (Lipinski definition) is 3. The van der Waals surface area contributed by atoms with Gasteiger partial charge in [0.25, 0.3) is 0 Å². The van der Waals surface area contributed by atoms with E-state index in [1.165, 1.54) is 0 Å². The fourth-order valence-corrected chi connectivity index (χ4v) is 1.51. The van der Waals surface area contributed by atoms with Crippen LogP contribution >= 0.6 is 12.2 Å². The molecule has 0 aliphatic rings. The van der Waals surface area contributed by atoms with Gasteiger partial charge in [-0.2, -0.15) is 5.10 Å². The third-order valence-corrected chi connectivity index (χ3v) is 2.57. The topological polar surface area (TPSA) is 70.7 Å². The summed E-state index contributed by atoms with van der Waals surface area (Å²) >= 11 is 4.73. The van der Waals surface area contributed by atoms with Crippen LogP contribution in [0.3, 0.4) is 0 Å². The van der Waals surface area contributed by atoms with Gasteiger partial charge in [-0.05, 0) is 17.8 Å². The number of amides is 1. The van der Waals surface area contributed by atoms with Crippen LogP contribution in [0.5, 0.6) is 0 Å². The molecule has 0 aliphatic heterocycles. The van der Waals surface area contributed by atoms with Gasteiger partial charge in [-0.15, -0.1) is 0 Å². The molecule has 0 aliphatic carbocycles. The molecule has 0 saturated heterocycles. The highest BCUT2D eigenvalue weighted by molar-refractivity contribution is 7.80. The van der Waals surface area contributed by atoms with Gasteiger partial charge in [-0.1, -0.05) is 30.3 Å². The number of hydrogen-bond donors (Lipinski definition) is 2. The lowest BCUT2D eigenvalue weighted by Gasteiger charge is -2.11. The maximum atomic E-state index is 11.6. The summed E-state index contributed by atoms with van der Waals surface area (Å²) in [5, 5.41) is 4.26. The Bertz CT molecular complexity index is 471. The Morgan fingerprint density at radius 2 is 1.95 bits per heavy atom. The number of benzene rings is 1. The highest BCUT2D eigenvalue weighted by atomic mass is 32.1. The molecule has 0 atom stereocenters. The van der Waals surface area contributed by atoms with E-state index in [9.17, 15) is 4.79 Å². The average molecular weight is 278 g/mol. The maximum absolute atomic E-state index is 11.6. The van der Waals surface area contributed by atoms with E-state index >= 15 is 0 Å². The smallest absolute Gasteiger partial charge is 0.222 e. The molecule has 1 aromatic rings. The Hall–Kier alpha value is -1.95. The molecule has 0 aromatic heterocycles. The first-order valence-corrected chi connectivity index (χ1v) is 6.29. The van der Waals surface area contributed by atoms with Crippen molar-refractivity contribution in [2.75, 3.05) is 14.1 Å². The first-order chi connectivity index (χ1) is 9.00. The third kappa shape index (κ3) is 5.48. The molecule has 0 saturated carbocycles. The van der Waals surface area contributed by atoms with E-state index < -0.39 is 0 Å². The minimum absolute atomic E-state index is 0.0546. The molecule has 1 aromatic carbocycles. The summed E-state index contributed by atoms with van der Waals surface area (Å²) in [4.78, 5) is 13.2. The van der Waals surface area contributed by atoms with Gasteiger partial charge in [0.05, 0.1) is 5.71 Å². The van der Waals surface area contributed by atoms with E-state index in [4.69, 9.17) is 18.0 Å². The number of thiocarbonyl (C=S) groups is 1. The fraction of sp³-hybridized carbons (Fsp3) is 0.308. The summed E-state index contributed by atoms with van der Waals surface area (Å²) in [5.74, 6) is 0.0546. The van der Waals surface area contributed by atoms with Crippen molar-refractivity contribution in [3.63, 3.8) is 0 Å². The van der Waals surface area contributed by atoms with Crippen LogP contribution < -0.4 is 11.2 Å². The highest BCUT2D eigenvalue weighted by Crippen LogP contribution is 2.07. The number of hydrazone groups is 1. The Morgan fingerprint density at radius 3 is 2.47 bits per heavy atom. The molecule has 19 heavy (non-hydrogen) atoms. The molecule has 6 heteroatoms. The van der Waals surface area contributed by atoms with Gasteiger partial charge < -0.3 is 10.6 Å². The molecular formula is C13H18N4OS. The second-order valence-corrected chi connectivity index (χ2v) is 4.63. The van der Waals surface area contributed by atoms with Gasteiger partial charge in [0.1, 0.15) is 0 Å². The molecule has 0 fully saturated rings. The highest BCUT2D eigenvalue weighted by Gasteiger charge is 2.09. The lowest BCUT2D eigenvalue weighted by molar-refractivity contribution is -0.128. The van der Waals surface area contributed by atoms with Crippen molar-refractivity contribution in [2.45, 2.75) is 12.8 Å². The molecule has 3 N–H and O–H groups in total. The van der Waals surface area contributed by atoms with Crippen LogP contribution in [0.2, 0.25) is 0 Å². The number of carbonyl (C=O) groups excluding carboxylic acids is 1. The van der Waals surface area contributed by atoms with E-state index in [1.54, 1.807) is 19.0 Å². The van der Waals surface area contributed by atoms with Gasteiger partial charge >= 0.3 is 0 Å². The number of nitrogens with zero attached hydrogens (tertiary/aromatic N) is 2. The van der Waals surface area contributed by atoms with Crippen LogP contribution in [-0.2, 0) is 4.79 Å². The predicted molar refractivity (Wildman–Crippen MR) is 80.8 cm³/mol. The van der Waals surface area contributed by atoms with Gasteiger partial charge in [0.2, 0.25) is 5.91 Å². The van der Waals surface area contributed by atoms with Gasteiger partial charge in [-0.25, -0.2) is 0 Å². The first kappa shape index (κ1) is 15.1. The van der Waals surface area contributed by atoms with E-state index in [2.05, 4.69) is 10.5 Å². The van der Waals surface area contributed by atoms with Gasteiger partial charge in [0.15, 0.2) is 5.11 Å². The van der Waals surface area contributed by atoms with Crippen LogP contribution in [0.4, 0.5) is 0 Å². The van der Waals surface area contributed by atoms with Gasteiger partial charge in [-0.3, -0.25) is 10.2 Å². The Morgan fingerprint density at radius 1 is 1.32 bits per heavy atom. The zero-order valence-corrected chi connectivity index (χ0v) is 11.9. The SMILES string of the molecule is CN(C)C(=O)CCC(=NNC(N)=S)c1ccccc1.